The lowest BCUT2D eigenvalue weighted by Gasteiger charge is -2.41. The average molecular weight is 218 g/mol. The normalized spacial score (nSPS) is 25.4. The van der Waals surface area contributed by atoms with E-state index in [1.807, 2.05) is 13.1 Å². The van der Waals surface area contributed by atoms with E-state index in [4.69, 9.17) is 0 Å². The third-order valence-corrected chi connectivity index (χ3v) is 3.53. The predicted molar refractivity (Wildman–Crippen MR) is 64.4 cm³/mol. The van der Waals surface area contributed by atoms with Gasteiger partial charge in [-0.25, -0.2) is 4.79 Å². The second-order valence-electron chi connectivity index (χ2n) is 4.51. The number of nitrogens with zero attached hydrogens (tertiary/aromatic N) is 1. The monoisotopic (exact) mass is 218 g/mol. The number of rotatable bonds is 2. The van der Waals surface area contributed by atoms with Gasteiger partial charge in [0.1, 0.15) is 0 Å². The van der Waals surface area contributed by atoms with Gasteiger partial charge < -0.3 is 10.2 Å². The molecular formula is C13H18N2O. The standard InChI is InChI=1S/C13H18N2O/c1-3-13(11-7-5-4-6-8-11)9-14-12(16)15(2)10-13/h4-8H,3,9-10H2,1-2H3,(H,14,16)/t13-/m1/s1. The minimum absolute atomic E-state index is 0.0278. The molecule has 3 heteroatoms. The van der Waals surface area contributed by atoms with Crippen molar-refractivity contribution < 1.29 is 4.79 Å². The largest absolute Gasteiger partial charge is 0.337 e. The Kier molecular flexibility index (Phi) is 2.86. The molecule has 1 aromatic rings. The summed E-state index contributed by atoms with van der Waals surface area (Å²) >= 11 is 0. The molecule has 0 radical (unpaired) electrons. The van der Waals surface area contributed by atoms with Crippen LogP contribution in [-0.4, -0.2) is 31.1 Å². The molecule has 0 saturated carbocycles. The number of hydrogen-bond acceptors (Lipinski definition) is 1. The summed E-state index contributed by atoms with van der Waals surface area (Å²) in [6, 6.07) is 10.5. The van der Waals surface area contributed by atoms with Gasteiger partial charge in [-0.1, -0.05) is 37.3 Å². The van der Waals surface area contributed by atoms with Crippen LogP contribution in [-0.2, 0) is 5.41 Å². The van der Waals surface area contributed by atoms with Gasteiger partial charge in [0.25, 0.3) is 0 Å². The molecule has 0 aliphatic carbocycles. The molecule has 1 fully saturated rings. The Morgan fingerprint density at radius 1 is 1.38 bits per heavy atom. The lowest BCUT2D eigenvalue weighted by Crippen LogP contribution is -2.57. The summed E-state index contributed by atoms with van der Waals surface area (Å²) in [5, 5.41) is 2.96. The van der Waals surface area contributed by atoms with E-state index >= 15 is 0 Å². The highest BCUT2D eigenvalue weighted by atomic mass is 16.2. The molecule has 1 N–H and O–H groups in total. The molecule has 3 nitrogen and oxygen atoms in total. The Bertz CT molecular complexity index is 377. The number of carbonyl (C=O) groups is 1. The van der Waals surface area contributed by atoms with Gasteiger partial charge in [-0.3, -0.25) is 0 Å². The molecule has 16 heavy (non-hydrogen) atoms. The summed E-state index contributed by atoms with van der Waals surface area (Å²) in [4.78, 5) is 13.2. The second kappa shape index (κ2) is 4.16. The summed E-state index contributed by atoms with van der Waals surface area (Å²) in [5.74, 6) is 0. The number of likely N-dealkylation sites (N-methyl/N-ethyl adjacent to an activating group) is 1. The van der Waals surface area contributed by atoms with Gasteiger partial charge in [-0.05, 0) is 12.0 Å². The van der Waals surface area contributed by atoms with Crippen molar-refractivity contribution in [2.75, 3.05) is 20.1 Å². The van der Waals surface area contributed by atoms with Crippen molar-refractivity contribution in [3.05, 3.63) is 35.9 Å². The van der Waals surface area contributed by atoms with E-state index in [-0.39, 0.29) is 11.4 Å². The Morgan fingerprint density at radius 2 is 2.06 bits per heavy atom. The van der Waals surface area contributed by atoms with Crippen molar-refractivity contribution >= 4 is 6.03 Å². The van der Waals surface area contributed by atoms with Crippen LogP contribution in [0.1, 0.15) is 18.9 Å². The van der Waals surface area contributed by atoms with Crippen LogP contribution in [0.5, 0.6) is 0 Å². The molecule has 0 spiro atoms. The van der Waals surface area contributed by atoms with Crippen molar-refractivity contribution in [2.45, 2.75) is 18.8 Å². The molecule has 1 heterocycles. The first-order valence-corrected chi connectivity index (χ1v) is 5.72. The van der Waals surface area contributed by atoms with Gasteiger partial charge in [-0.15, -0.1) is 0 Å². The van der Waals surface area contributed by atoms with Crippen LogP contribution < -0.4 is 5.32 Å². The van der Waals surface area contributed by atoms with Gasteiger partial charge in [0.05, 0.1) is 0 Å². The highest BCUT2D eigenvalue weighted by Crippen LogP contribution is 2.30. The molecule has 2 rings (SSSR count). The number of hydrogen-bond donors (Lipinski definition) is 1. The quantitative estimate of drug-likeness (QED) is 0.809. The Hall–Kier alpha value is -1.51. The van der Waals surface area contributed by atoms with E-state index in [2.05, 4.69) is 36.5 Å². The van der Waals surface area contributed by atoms with Crippen molar-refractivity contribution in [3.63, 3.8) is 0 Å². The molecular weight excluding hydrogens is 200 g/mol. The van der Waals surface area contributed by atoms with Gasteiger partial charge in [-0.2, -0.15) is 0 Å². The first-order chi connectivity index (χ1) is 7.68. The van der Waals surface area contributed by atoms with Gasteiger partial charge in [0.15, 0.2) is 0 Å². The van der Waals surface area contributed by atoms with Crippen molar-refractivity contribution in [1.82, 2.24) is 10.2 Å². The first-order valence-electron chi connectivity index (χ1n) is 5.72. The fourth-order valence-electron chi connectivity index (χ4n) is 2.39. The van der Waals surface area contributed by atoms with E-state index in [9.17, 15) is 4.79 Å². The number of urea groups is 1. The minimum atomic E-state index is 0.0278. The molecule has 0 bridgehead atoms. The second-order valence-corrected chi connectivity index (χ2v) is 4.51. The Balaban J connectivity index is 2.30. The van der Waals surface area contributed by atoms with E-state index in [1.54, 1.807) is 4.90 Å². The zero-order valence-corrected chi connectivity index (χ0v) is 9.86. The van der Waals surface area contributed by atoms with Crippen LogP contribution in [0, 0.1) is 0 Å². The third kappa shape index (κ3) is 1.77. The molecule has 1 aliphatic heterocycles. The van der Waals surface area contributed by atoms with E-state index in [0.717, 1.165) is 19.5 Å². The molecule has 0 unspecified atom stereocenters. The third-order valence-electron chi connectivity index (χ3n) is 3.53. The lowest BCUT2D eigenvalue weighted by atomic mass is 9.76. The van der Waals surface area contributed by atoms with Crippen LogP contribution in [0.2, 0.25) is 0 Å². The Labute approximate surface area is 96.5 Å². The van der Waals surface area contributed by atoms with E-state index in [1.165, 1.54) is 5.56 Å². The molecule has 1 aliphatic rings. The summed E-state index contributed by atoms with van der Waals surface area (Å²) < 4.78 is 0. The van der Waals surface area contributed by atoms with Crippen LogP contribution in [0.4, 0.5) is 4.79 Å². The van der Waals surface area contributed by atoms with Gasteiger partial charge in [0, 0.05) is 25.6 Å². The smallest absolute Gasteiger partial charge is 0.317 e. The highest BCUT2D eigenvalue weighted by molar-refractivity contribution is 5.75. The highest BCUT2D eigenvalue weighted by Gasteiger charge is 2.37. The topological polar surface area (TPSA) is 32.3 Å². The molecule has 1 aromatic carbocycles. The zero-order chi connectivity index (χ0) is 11.6. The van der Waals surface area contributed by atoms with Gasteiger partial charge >= 0.3 is 6.03 Å². The van der Waals surface area contributed by atoms with Crippen LogP contribution >= 0.6 is 0 Å². The average Bonchev–Trinajstić information content (AvgIpc) is 2.34. The van der Waals surface area contributed by atoms with E-state index in [0.29, 0.717) is 0 Å². The number of amides is 2. The van der Waals surface area contributed by atoms with Crippen LogP contribution in [0.25, 0.3) is 0 Å². The number of benzene rings is 1. The fraction of sp³-hybridized carbons (Fsp3) is 0.462. The molecule has 1 saturated heterocycles. The molecule has 2 amide bonds. The Morgan fingerprint density at radius 3 is 2.62 bits per heavy atom. The molecule has 86 valence electrons. The minimum Gasteiger partial charge on any atom is -0.337 e. The number of carbonyl (C=O) groups excluding carboxylic acids is 1. The summed E-state index contributed by atoms with van der Waals surface area (Å²) in [7, 11) is 1.85. The maximum atomic E-state index is 11.4. The SMILES string of the molecule is CC[C@@]1(c2ccccc2)CNC(=O)N(C)C1. The van der Waals surface area contributed by atoms with Gasteiger partial charge in [0.2, 0.25) is 0 Å². The fourth-order valence-corrected chi connectivity index (χ4v) is 2.39. The number of nitrogens with one attached hydrogen (secondary N) is 1. The van der Waals surface area contributed by atoms with Crippen LogP contribution in [0.15, 0.2) is 30.3 Å². The predicted octanol–water partition coefficient (Wildman–Crippen LogP) is 1.99. The van der Waals surface area contributed by atoms with E-state index < -0.39 is 0 Å². The lowest BCUT2D eigenvalue weighted by molar-refractivity contribution is 0.166. The van der Waals surface area contributed by atoms with Crippen molar-refractivity contribution in [2.24, 2.45) is 0 Å². The van der Waals surface area contributed by atoms with Crippen molar-refractivity contribution in [3.8, 4) is 0 Å². The summed E-state index contributed by atoms with van der Waals surface area (Å²) in [6.07, 6.45) is 1.03. The first kappa shape index (κ1) is 11.0. The molecule has 0 aromatic heterocycles. The summed E-state index contributed by atoms with van der Waals surface area (Å²) in [5.41, 5.74) is 1.37. The van der Waals surface area contributed by atoms with Crippen LogP contribution in [0.3, 0.4) is 0 Å². The maximum Gasteiger partial charge on any atom is 0.317 e. The van der Waals surface area contributed by atoms with Crippen molar-refractivity contribution in [1.29, 1.82) is 0 Å². The molecule has 1 atom stereocenters. The zero-order valence-electron chi connectivity index (χ0n) is 9.86. The summed E-state index contributed by atoms with van der Waals surface area (Å²) in [6.45, 7) is 3.70. The maximum absolute atomic E-state index is 11.4.